The Morgan fingerprint density at radius 1 is 1.45 bits per heavy atom. The van der Waals surface area contributed by atoms with E-state index in [0.29, 0.717) is 13.2 Å². The Balaban J connectivity index is 1.44. The molecule has 1 aliphatic rings. The number of morpholine rings is 1. The minimum atomic E-state index is -0.218. The molecule has 7 nitrogen and oxygen atoms in total. The summed E-state index contributed by atoms with van der Waals surface area (Å²) in [5.41, 5.74) is 3.10. The van der Waals surface area contributed by atoms with Gasteiger partial charge in [0, 0.05) is 55.5 Å². The summed E-state index contributed by atoms with van der Waals surface area (Å²) in [6.07, 6.45) is 6.52. The van der Waals surface area contributed by atoms with Gasteiger partial charge in [-0.15, -0.1) is 0 Å². The minimum absolute atomic E-state index is 0.0158. The van der Waals surface area contributed by atoms with Gasteiger partial charge in [0.15, 0.2) is 5.96 Å². The van der Waals surface area contributed by atoms with Crippen LogP contribution in [0.15, 0.2) is 41.8 Å². The zero-order valence-corrected chi connectivity index (χ0v) is 16.9. The number of aromatic amines is 1. The normalized spacial score (nSPS) is 17.8. The van der Waals surface area contributed by atoms with Crippen molar-refractivity contribution < 1.29 is 9.13 Å². The van der Waals surface area contributed by atoms with Crippen molar-refractivity contribution in [2.45, 2.75) is 19.4 Å². The molecular formula is C21H27FN6O. The smallest absolute Gasteiger partial charge is 0.194 e. The van der Waals surface area contributed by atoms with Crippen molar-refractivity contribution in [3.05, 3.63) is 53.7 Å². The number of rotatable bonds is 5. The first kappa shape index (κ1) is 19.4. The molecule has 2 N–H and O–H groups in total. The van der Waals surface area contributed by atoms with E-state index >= 15 is 0 Å². The molecule has 0 radical (unpaired) electrons. The summed E-state index contributed by atoms with van der Waals surface area (Å²) in [5.74, 6) is 0.667. The van der Waals surface area contributed by atoms with Crippen LogP contribution in [0.25, 0.3) is 10.9 Å². The van der Waals surface area contributed by atoms with Gasteiger partial charge < -0.3 is 19.9 Å². The average Bonchev–Trinajstić information content (AvgIpc) is 3.33. The second-order valence-corrected chi connectivity index (χ2v) is 7.24. The summed E-state index contributed by atoms with van der Waals surface area (Å²) in [7, 11) is 1.91. The van der Waals surface area contributed by atoms with Gasteiger partial charge in [0.2, 0.25) is 0 Å². The minimum Gasteiger partial charge on any atom is -0.370 e. The maximum atomic E-state index is 13.6. The molecule has 0 amide bonds. The van der Waals surface area contributed by atoms with E-state index in [4.69, 9.17) is 9.73 Å². The molecule has 0 spiro atoms. The van der Waals surface area contributed by atoms with Crippen molar-refractivity contribution in [3.63, 3.8) is 0 Å². The van der Waals surface area contributed by atoms with Crippen LogP contribution in [0.5, 0.6) is 0 Å². The van der Waals surface area contributed by atoms with Crippen LogP contribution in [0.1, 0.15) is 24.2 Å². The molecular weight excluding hydrogens is 371 g/mol. The quantitative estimate of drug-likeness (QED) is 0.512. The summed E-state index contributed by atoms with van der Waals surface area (Å²) in [6, 6.07) is 4.82. The molecule has 29 heavy (non-hydrogen) atoms. The molecule has 2 aromatic heterocycles. The molecule has 1 fully saturated rings. The molecule has 4 rings (SSSR count). The topological polar surface area (TPSA) is 70.5 Å². The lowest BCUT2D eigenvalue weighted by Crippen LogP contribution is -2.48. The largest absolute Gasteiger partial charge is 0.370 e. The van der Waals surface area contributed by atoms with E-state index in [1.165, 1.54) is 6.07 Å². The molecule has 8 heteroatoms. The summed E-state index contributed by atoms with van der Waals surface area (Å²) in [4.78, 5) is 10.3. The van der Waals surface area contributed by atoms with Crippen molar-refractivity contribution in [1.29, 1.82) is 0 Å². The van der Waals surface area contributed by atoms with Crippen LogP contribution >= 0.6 is 0 Å². The third-order valence-electron chi connectivity index (χ3n) is 5.17. The summed E-state index contributed by atoms with van der Waals surface area (Å²) < 4.78 is 21.3. The third-order valence-corrected chi connectivity index (χ3v) is 5.17. The van der Waals surface area contributed by atoms with Crippen molar-refractivity contribution in [2.75, 3.05) is 32.8 Å². The van der Waals surface area contributed by atoms with Gasteiger partial charge in [0.1, 0.15) is 11.9 Å². The summed E-state index contributed by atoms with van der Waals surface area (Å²) >= 11 is 0. The van der Waals surface area contributed by atoms with Crippen molar-refractivity contribution in [1.82, 2.24) is 25.0 Å². The van der Waals surface area contributed by atoms with E-state index in [0.717, 1.165) is 54.0 Å². The van der Waals surface area contributed by atoms with Crippen LogP contribution in [0.3, 0.4) is 0 Å². The fraction of sp³-hybridized carbons (Fsp3) is 0.429. The monoisotopic (exact) mass is 398 g/mol. The summed E-state index contributed by atoms with van der Waals surface area (Å²) in [6.45, 7) is 5.66. The molecule has 1 aliphatic heterocycles. The van der Waals surface area contributed by atoms with Crippen LogP contribution in [0.2, 0.25) is 0 Å². The third kappa shape index (κ3) is 4.42. The fourth-order valence-corrected chi connectivity index (χ4v) is 3.72. The Bertz CT molecular complexity index is 994. The zero-order valence-electron chi connectivity index (χ0n) is 16.9. The van der Waals surface area contributed by atoms with Gasteiger partial charge in [0.25, 0.3) is 0 Å². The zero-order chi connectivity index (χ0) is 20.2. The first-order valence-electron chi connectivity index (χ1n) is 10.0. The Kier molecular flexibility index (Phi) is 5.80. The molecule has 3 aromatic rings. The van der Waals surface area contributed by atoms with Crippen LogP contribution in [0.4, 0.5) is 4.39 Å². The average molecular weight is 398 g/mol. The van der Waals surface area contributed by atoms with Gasteiger partial charge in [-0.2, -0.15) is 5.10 Å². The molecule has 0 saturated carbocycles. The van der Waals surface area contributed by atoms with Gasteiger partial charge >= 0.3 is 0 Å². The van der Waals surface area contributed by atoms with Crippen LogP contribution in [0, 0.1) is 5.82 Å². The number of aryl methyl sites for hydroxylation is 1. The molecule has 0 bridgehead atoms. The van der Waals surface area contributed by atoms with E-state index in [9.17, 15) is 4.39 Å². The number of aliphatic imine (C=N–C) groups is 1. The molecule has 1 aromatic carbocycles. The molecule has 1 atom stereocenters. The van der Waals surface area contributed by atoms with E-state index in [2.05, 4.69) is 27.2 Å². The Hall–Kier alpha value is -2.87. The number of nitrogens with one attached hydrogen (secondary N) is 2. The predicted octanol–water partition coefficient (Wildman–Crippen LogP) is 2.62. The molecule has 3 heterocycles. The summed E-state index contributed by atoms with van der Waals surface area (Å²) in [5, 5.41) is 8.56. The lowest BCUT2D eigenvalue weighted by atomic mass is 10.1. The molecule has 154 valence electrons. The highest BCUT2D eigenvalue weighted by atomic mass is 19.1. The number of hydrogen-bond donors (Lipinski definition) is 2. The van der Waals surface area contributed by atoms with Gasteiger partial charge in [-0.1, -0.05) is 0 Å². The first-order chi connectivity index (χ1) is 14.1. The highest BCUT2D eigenvalue weighted by Crippen LogP contribution is 2.22. The van der Waals surface area contributed by atoms with Gasteiger partial charge in [-0.05, 0) is 37.1 Å². The number of halogens is 1. The lowest BCUT2D eigenvalue weighted by Gasteiger charge is -2.34. The Morgan fingerprint density at radius 3 is 3.14 bits per heavy atom. The lowest BCUT2D eigenvalue weighted by molar-refractivity contribution is -0.00803. The number of fused-ring (bicyclic) bond motifs is 1. The van der Waals surface area contributed by atoms with Gasteiger partial charge in [-0.25, -0.2) is 4.39 Å². The van der Waals surface area contributed by atoms with Crippen molar-refractivity contribution >= 4 is 16.9 Å². The fourth-order valence-electron chi connectivity index (χ4n) is 3.72. The van der Waals surface area contributed by atoms with E-state index in [1.54, 1.807) is 16.8 Å². The Morgan fingerprint density at radius 2 is 2.34 bits per heavy atom. The molecule has 1 saturated heterocycles. The first-order valence-corrected chi connectivity index (χ1v) is 10.0. The second kappa shape index (κ2) is 8.65. The van der Waals surface area contributed by atoms with Gasteiger partial charge in [-0.3, -0.25) is 9.67 Å². The Labute approximate surface area is 169 Å². The number of H-pyrrole nitrogens is 1. The maximum Gasteiger partial charge on any atom is 0.194 e. The van der Waals surface area contributed by atoms with Crippen LogP contribution < -0.4 is 5.32 Å². The highest BCUT2D eigenvalue weighted by molar-refractivity contribution is 5.83. The standard InChI is InChI=1S/C21H27FN6O/c1-3-23-21(28-8-9-29-20(14-28)16-12-26-27(2)13-16)24-7-6-15-11-25-19-5-4-17(22)10-18(15)19/h4-5,10-13,20,25H,3,6-9,14H2,1-2H3,(H,23,24). The van der Waals surface area contributed by atoms with E-state index in [1.807, 2.05) is 25.6 Å². The number of guanidine groups is 1. The SMILES string of the molecule is CCNC(=NCCc1c[nH]c2ccc(F)cc12)N1CCOC(c2cnn(C)c2)C1. The van der Waals surface area contributed by atoms with Crippen LogP contribution in [-0.4, -0.2) is 58.4 Å². The number of ether oxygens (including phenoxy) is 1. The van der Waals surface area contributed by atoms with Crippen molar-refractivity contribution in [2.24, 2.45) is 12.0 Å². The highest BCUT2D eigenvalue weighted by Gasteiger charge is 2.25. The van der Waals surface area contributed by atoms with E-state index < -0.39 is 0 Å². The number of benzene rings is 1. The van der Waals surface area contributed by atoms with E-state index in [-0.39, 0.29) is 11.9 Å². The second-order valence-electron chi connectivity index (χ2n) is 7.24. The maximum absolute atomic E-state index is 13.6. The molecule has 0 aliphatic carbocycles. The number of nitrogens with zero attached hydrogens (tertiary/aromatic N) is 4. The van der Waals surface area contributed by atoms with Crippen LogP contribution in [-0.2, 0) is 18.2 Å². The number of aromatic nitrogens is 3. The van der Waals surface area contributed by atoms with Gasteiger partial charge in [0.05, 0.1) is 19.3 Å². The molecule has 1 unspecified atom stereocenters. The predicted molar refractivity (Wildman–Crippen MR) is 111 cm³/mol. The number of hydrogen-bond acceptors (Lipinski definition) is 3. The van der Waals surface area contributed by atoms with Crippen molar-refractivity contribution in [3.8, 4) is 0 Å².